The average molecular weight is 340 g/mol. The third-order valence-corrected chi connectivity index (χ3v) is 5.50. The quantitative estimate of drug-likeness (QED) is 0.916. The summed E-state index contributed by atoms with van der Waals surface area (Å²) in [5.41, 5.74) is 1.30. The van der Waals surface area contributed by atoms with Crippen molar-refractivity contribution in [2.45, 2.75) is 38.1 Å². The number of rotatable bonds is 4. The molecule has 2 atom stereocenters. The van der Waals surface area contributed by atoms with Crippen LogP contribution in [0.1, 0.15) is 42.5 Å². The lowest BCUT2D eigenvalue weighted by molar-refractivity contribution is 0.0575. The van der Waals surface area contributed by atoms with Crippen molar-refractivity contribution in [3.63, 3.8) is 0 Å². The molecular formula is C18H24N6O. The normalized spacial score (nSPS) is 23.8. The summed E-state index contributed by atoms with van der Waals surface area (Å²) in [4.78, 5) is 15.4. The molecular weight excluding hydrogens is 316 g/mol. The highest BCUT2D eigenvalue weighted by molar-refractivity contribution is 5.97. The van der Waals surface area contributed by atoms with Crippen LogP contribution >= 0.6 is 0 Å². The van der Waals surface area contributed by atoms with Crippen molar-refractivity contribution in [3.05, 3.63) is 36.2 Å². The van der Waals surface area contributed by atoms with Crippen LogP contribution in [0.5, 0.6) is 0 Å². The summed E-state index contributed by atoms with van der Waals surface area (Å²) in [5.74, 6) is 0.497. The lowest BCUT2D eigenvalue weighted by atomic mass is 9.83. The van der Waals surface area contributed by atoms with E-state index in [2.05, 4.69) is 25.7 Å². The van der Waals surface area contributed by atoms with Crippen LogP contribution < -0.4 is 5.32 Å². The molecule has 0 spiro atoms. The van der Waals surface area contributed by atoms with Crippen molar-refractivity contribution in [3.8, 4) is 5.69 Å². The van der Waals surface area contributed by atoms with E-state index in [1.807, 2.05) is 24.3 Å². The molecule has 0 saturated carbocycles. The second-order valence-electron chi connectivity index (χ2n) is 6.98. The number of hydrogen-bond acceptors (Lipinski definition) is 5. The molecule has 2 aliphatic heterocycles. The average Bonchev–Trinajstić information content (AvgIpc) is 3.21. The zero-order valence-electron chi connectivity index (χ0n) is 14.3. The highest BCUT2D eigenvalue weighted by atomic mass is 16.1. The van der Waals surface area contributed by atoms with E-state index in [0.717, 1.165) is 6.54 Å². The predicted molar refractivity (Wildman–Crippen MR) is 93.4 cm³/mol. The number of hydrogen-bond donors (Lipinski definition) is 1. The number of benzene rings is 1. The third-order valence-electron chi connectivity index (χ3n) is 5.50. The molecule has 4 rings (SSSR count). The van der Waals surface area contributed by atoms with Gasteiger partial charge in [0.05, 0.1) is 11.3 Å². The lowest BCUT2D eigenvalue weighted by Crippen LogP contribution is -2.51. The lowest BCUT2D eigenvalue weighted by Gasteiger charge is -2.44. The molecule has 1 aromatic heterocycles. The fourth-order valence-corrected chi connectivity index (χ4v) is 4.27. The molecule has 25 heavy (non-hydrogen) atoms. The van der Waals surface area contributed by atoms with Gasteiger partial charge < -0.3 is 10.2 Å². The van der Waals surface area contributed by atoms with Gasteiger partial charge in [-0.05, 0) is 67.3 Å². The Labute approximate surface area is 147 Å². The number of nitrogens with one attached hydrogen (secondary N) is 1. The van der Waals surface area contributed by atoms with E-state index in [0.29, 0.717) is 23.2 Å². The first kappa shape index (κ1) is 16.2. The fourth-order valence-electron chi connectivity index (χ4n) is 4.27. The summed E-state index contributed by atoms with van der Waals surface area (Å²) in [5, 5.41) is 14.4. The molecule has 0 bridgehead atoms. The van der Waals surface area contributed by atoms with Crippen LogP contribution in [-0.2, 0) is 0 Å². The second kappa shape index (κ2) is 7.31. The predicted octanol–water partition coefficient (Wildman–Crippen LogP) is 1.66. The van der Waals surface area contributed by atoms with Gasteiger partial charge in [-0.15, -0.1) is 5.10 Å². The molecule has 2 aromatic rings. The maximum atomic E-state index is 12.8. The Morgan fingerprint density at radius 2 is 2.04 bits per heavy atom. The number of carbonyl (C=O) groups is 1. The molecule has 0 unspecified atom stereocenters. The Kier molecular flexibility index (Phi) is 4.74. The van der Waals surface area contributed by atoms with Gasteiger partial charge >= 0.3 is 0 Å². The standard InChI is InChI=1S/C18H24N6O/c25-18(15-7-1-2-9-17(15)24-13-20-21-22-24)19-12-14-6-5-11-23-10-4-3-8-16(14)23/h1-2,7,9,13-14,16H,3-6,8,10-12H2,(H,19,25)/t14-,16-/m1/s1. The summed E-state index contributed by atoms with van der Waals surface area (Å²) >= 11 is 0. The highest BCUT2D eigenvalue weighted by Gasteiger charge is 2.33. The van der Waals surface area contributed by atoms with Crippen molar-refractivity contribution in [1.82, 2.24) is 30.4 Å². The zero-order chi connectivity index (χ0) is 17.1. The first-order chi connectivity index (χ1) is 12.3. The fraction of sp³-hybridized carbons (Fsp3) is 0.556. The van der Waals surface area contributed by atoms with Crippen LogP contribution in [0.3, 0.4) is 0 Å². The summed E-state index contributed by atoms with van der Waals surface area (Å²) in [7, 11) is 0. The van der Waals surface area contributed by atoms with E-state index in [4.69, 9.17) is 0 Å². The topological polar surface area (TPSA) is 75.9 Å². The molecule has 1 amide bonds. The number of nitrogens with zero attached hydrogens (tertiary/aromatic N) is 5. The summed E-state index contributed by atoms with van der Waals surface area (Å²) in [6.45, 7) is 3.18. The minimum absolute atomic E-state index is 0.0565. The van der Waals surface area contributed by atoms with E-state index in [9.17, 15) is 4.79 Å². The minimum Gasteiger partial charge on any atom is -0.352 e. The van der Waals surface area contributed by atoms with Crippen molar-refractivity contribution < 1.29 is 4.79 Å². The number of amides is 1. The molecule has 7 nitrogen and oxygen atoms in total. The van der Waals surface area contributed by atoms with E-state index in [1.54, 1.807) is 0 Å². The molecule has 2 aliphatic rings. The maximum Gasteiger partial charge on any atom is 0.253 e. The van der Waals surface area contributed by atoms with Gasteiger partial charge in [0.15, 0.2) is 0 Å². The summed E-state index contributed by atoms with van der Waals surface area (Å²) in [6.07, 6.45) is 7.84. The summed E-state index contributed by atoms with van der Waals surface area (Å²) in [6, 6.07) is 8.06. The first-order valence-corrected chi connectivity index (χ1v) is 9.17. The molecule has 0 radical (unpaired) electrons. The van der Waals surface area contributed by atoms with Crippen molar-refractivity contribution in [2.75, 3.05) is 19.6 Å². The molecule has 1 aromatic carbocycles. The molecule has 2 fully saturated rings. The Morgan fingerprint density at radius 3 is 2.92 bits per heavy atom. The monoisotopic (exact) mass is 340 g/mol. The van der Waals surface area contributed by atoms with E-state index >= 15 is 0 Å². The van der Waals surface area contributed by atoms with Crippen LogP contribution in [0.2, 0.25) is 0 Å². The van der Waals surface area contributed by atoms with Gasteiger partial charge in [-0.2, -0.15) is 4.68 Å². The van der Waals surface area contributed by atoms with Gasteiger partial charge in [-0.3, -0.25) is 4.79 Å². The van der Waals surface area contributed by atoms with Gasteiger partial charge in [0, 0.05) is 12.6 Å². The Bertz CT molecular complexity index is 714. The maximum absolute atomic E-state index is 12.8. The number of piperidine rings is 2. The zero-order valence-corrected chi connectivity index (χ0v) is 14.3. The van der Waals surface area contributed by atoms with Gasteiger partial charge in [0.25, 0.3) is 5.91 Å². The van der Waals surface area contributed by atoms with Crippen molar-refractivity contribution in [1.29, 1.82) is 0 Å². The third kappa shape index (κ3) is 3.42. The van der Waals surface area contributed by atoms with Gasteiger partial charge in [-0.25, -0.2) is 0 Å². The number of carbonyl (C=O) groups excluding carboxylic acids is 1. The number of aromatic nitrogens is 4. The van der Waals surface area contributed by atoms with Crippen LogP contribution in [0.15, 0.2) is 30.6 Å². The second-order valence-corrected chi connectivity index (χ2v) is 6.98. The van der Waals surface area contributed by atoms with Crippen LogP contribution in [0.25, 0.3) is 5.69 Å². The van der Waals surface area contributed by atoms with Gasteiger partial charge in [0.2, 0.25) is 0 Å². The highest BCUT2D eigenvalue weighted by Crippen LogP contribution is 2.30. The number of fused-ring (bicyclic) bond motifs is 1. The number of tetrazole rings is 1. The summed E-state index contributed by atoms with van der Waals surface area (Å²) < 4.78 is 1.53. The first-order valence-electron chi connectivity index (χ1n) is 9.17. The van der Waals surface area contributed by atoms with Crippen LogP contribution in [0, 0.1) is 5.92 Å². The minimum atomic E-state index is -0.0565. The molecule has 0 aliphatic carbocycles. The molecule has 3 heterocycles. The van der Waals surface area contributed by atoms with E-state index in [1.165, 1.54) is 56.2 Å². The largest absolute Gasteiger partial charge is 0.352 e. The Morgan fingerprint density at radius 1 is 1.16 bits per heavy atom. The number of para-hydroxylation sites is 1. The Balaban J connectivity index is 1.44. The van der Waals surface area contributed by atoms with Crippen molar-refractivity contribution in [2.24, 2.45) is 5.92 Å². The smallest absolute Gasteiger partial charge is 0.253 e. The molecule has 132 valence electrons. The SMILES string of the molecule is O=C(NC[C@H]1CCCN2CCCC[C@H]12)c1ccccc1-n1cnnn1. The van der Waals surface area contributed by atoms with Gasteiger partial charge in [0.1, 0.15) is 6.33 Å². The van der Waals surface area contributed by atoms with E-state index < -0.39 is 0 Å². The van der Waals surface area contributed by atoms with Crippen molar-refractivity contribution >= 4 is 5.91 Å². The van der Waals surface area contributed by atoms with Crippen LogP contribution in [0.4, 0.5) is 0 Å². The Hall–Kier alpha value is -2.28. The van der Waals surface area contributed by atoms with Crippen LogP contribution in [-0.4, -0.2) is 56.7 Å². The van der Waals surface area contributed by atoms with Gasteiger partial charge in [-0.1, -0.05) is 18.6 Å². The van der Waals surface area contributed by atoms with E-state index in [-0.39, 0.29) is 5.91 Å². The molecule has 1 N–H and O–H groups in total. The molecule has 2 saturated heterocycles. The molecule has 7 heteroatoms.